The fourth-order valence-electron chi connectivity index (χ4n) is 6.87. The molecule has 1 heterocycles. The van der Waals surface area contributed by atoms with Crippen LogP contribution in [0.5, 0.6) is 23.0 Å². The van der Waals surface area contributed by atoms with Gasteiger partial charge in [-0.15, -0.1) is 0 Å². The first-order valence-electron chi connectivity index (χ1n) is 19.6. The third-order valence-corrected chi connectivity index (χ3v) is 14.6. The number of carboxylic acids is 1. The number of hydrogen-bond donors (Lipinski definition) is 2. The summed E-state index contributed by atoms with van der Waals surface area (Å²) in [4.78, 5) is 11.2. The van der Waals surface area contributed by atoms with Crippen LogP contribution in [0.25, 0.3) is 11.1 Å². The van der Waals surface area contributed by atoms with Crippen LogP contribution in [0.1, 0.15) is 15.9 Å². The molecule has 1 aliphatic heterocycles. The Hall–Kier alpha value is -5.47. The Kier molecular flexibility index (Phi) is 18.2. The van der Waals surface area contributed by atoms with Gasteiger partial charge in [0, 0.05) is 17.2 Å². The Morgan fingerprint density at radius 3 is 1.14 bits per heavy atom. The third kappa shape index (κ3) is 12.6. The number of carbonyl (C=O) groups is 1. The number of rotatable bonds is 9. The summed E-state index contributed by atoms with van der Waals surface area (Å²) in [6.07, 6.45) is 0. The summed E-state index contributed by atoms with van der Waals surface area (Å²) in [5.74, 6) is 0.0230. The van der Waals surface area contributed by atoms with Crippen molar-refractivity contribution in [3.05, 3.63) is 217 Å². The molecule has 0 unspecified atom stereocenters. The average Bonchev–Trinajstić information content (AvgIpc) is 3.33. The van der Waals surface area contributed by atoms with Crippen LogP contribution >= 0.6 is 34.9 Å². The number of carboxylic acid groups (broad SMARTS) is 1. The smallest absolute Gasteiger partial charge is 0.0134 e. The predicted octanol–water partition coefficient (Wildman–Crippen LogP) is 10.9. The Labute approximate surface area is 387 Å². The van der Waals surface area contributed by atoms with Gasteiger partial charge in [-0.05, 0) is 71.4 Å². The molecule has 63 heavy (non-hydrogen) atoms. The molecule has 0 bridgehead atoms. The summed E-state index contributed by atoms with van der Waals surface area (Å²) in [5.41, 5.74) is 2.07. The van der Waals surface area contributed by atoms with Crippen molar-refractivity contribution in [1.29, 1.82) is 0 Å². The second kappa shape index (κ2) is 24.4. The molecular formula is C52H44Cl2O6P2Pd. The molecule has 9 rings (SSSR count). The van der Waals surface area contributed by atoms with Gasteiger partial charge in [0.2, 0.25) is 0 Å². The summed E-state index contributed by atoms with van der Waals surface area (Å²) in [5, 5.41) is 27.3. The summed E-state index contributed by atoms with van der Waals surface area (Å²) in [6.45, 7) is 0.300. The molecule has 6 nitrogen and oxygen atoms in total. The number of benzene rings is 8. The zero-order valence-electron chi connectivity index (χ0n) is 34.3. The molecule has 0 radical (unpaired) electrons. The van der Waals surface area contributed by atoms with Gasteiger partial charge in [0.1, 0.15) is 23.7 Å². The molecule has 322 valence electrons. The van der Waals surface area contributed by atoms with Crippen LogP contribution in [-0.4, -0.2) is 30.4 Å². The molecule has 2 N–H and O–H groups in total. The second-order valence-electron chi connectivity index (χ2n) is 13.6. The van der Waals surface area contributed by atoms with Gasteiger partial charge in [-0.1, -0.05) is 182 Å². The fourth-order valence-corrected chi connectivity index (χ4v) is 11.5. The van der Waals surface area contributed by atoms with Gasteiger partial charge in [-0.3, -0.25) is 0 Å². The van der Waals surface area contributed by atoms with E-state index >= 15 is 0 Å². The van der Waals surface area contributed by atoms with Crippen molar-refractivity contribution >= 4 is 72.7 Å². The van der Waals surface area contributed by atoms with Crippen molar-refractivity contribution in [3.8, 4) is 34.1 Å². The summed E-state index contributed by atoms with van der Waals surface area (Å²) in [6, 6.07) is 70.9. The first-order chi connectivity index (χ1) is 30.9. The van der Waals surface area contributed by atoms with E-state index in [0.29, 0.717) is 29.4 Å². The Morgan fingerprint density at radius 1 is 0.524 bits per heavy atom. The monoisotopic (exact) mass is 1000 g/mol. The van der Waals surface area contributed by atoms with E-state index < -0.39 is 21.8 Å². The number of aromatic carboxylic acids is 1. The van der Waals surface area contributed by atoms with Crippen molar-refractivity contribution in [2.75, 3.05) is 14.2 Å². The van der Waals surface area contributed by atoms with Gasteiger partial charge in [0.05, 0.1) is 14.2 Å². The number of methoxy groups -OCH3 is 2. The number of ether oxygens (including phenoxy) is 3. The molecule has 11 heteroatoms. The molecule has 0 aliphatic carbocycles. The molecule has 1 aliphatic rings. The Balaban J connectivity index is 0.000000153. The maximum absolute atomic E-state index is 11.2. The molecule has 8 aromatic rings. The number of aromatic hydroxyl groups is 1. The molecule has 0 saturated heterocycles. The molecule has 0 aromatic heterocycles. The second-order valence-corrected chi connectivity index (χ2v) is 20.4. The largest absolute Gasteiger partial charge is 0.0622 e. The van der Waals surface area contributed by atoms with Gasteiger partial charge in [-0.25, -0.2) is 4.79 Å². The minimum Gasteiger partial charge on any atom is -0.0622 e. The van der Waals surface area contributed by atoms with Gasteiger partial charge in [0.15, 0.2) is 11.5 Å². The van der Waals surface area contributed by atoms with E-state index in [2.05, 4.69) is 182 Å². The summed E-state index contributed by atoms with van der Waals surface area (Å²) in [7, 11) is 11.8. The maximum atomic E-state index is 11.2. The number of halogens is 2. The SMILES string of the molecule is COc1cc2c(cc1OC)-c1cc(C(=O)O)c(O)cc1OC2.[Cl][Pd][Cl].c1ccc(P(c2ccccc2)c2ccccc2)cc1.c1ccc(P(c2ccccc2)c2ccccc2)cc1. The molecule has 0 atom stereocenters. The predicted molar refractivity (Wildman–Crippen MR) is 260 cm³/mol. The van der Waals surface area contributed by atoms with Crippen molar-refractivity contribution in [3.63, 3.8) is 0 Å². The van der Waals surface area contributed by atoms with Crippen LogP contribution in [0.4, 0.5) is 0 Å². The van der Waals surface area contributed by atoms with E-state index in [1.807, 2.05) is 0 Å². The van der Waals surface area contributed by atoms with Crippen molar-refractivity contribution < 1.29 is 45.2 Å². The Morgan fingerprint density at radius 2 is 0.841 bits per heavy atom. The molecule has 0 saturated carbocycles. The number of hydrogen-bond acceptors (Lipinski definition) is 5. The molecule has 0 amide bonds. The van der Waals surface area contributed by atoms with Crippen LogP contribution in [0.2, 0.25) is 0 Å². The van der Waals surface area contributed by atoms with E-state index in [-0.39, 0.29) is 27.3 Å². The van der Waals surface area contributed by atoms with Crippen LogP contribution in [0.15, 0.2) is 206 Å². The minimum atomic E-state index is -1.20. The van der Waals surface area contributed by atoms with Crippen LogP contribution in [0.3, 0.4) is 0 Å². The third-order valence-electron chi connectivity index (χ3n) is 9.70. The minimum absolute atomic E-state index is 0.106. The van der Waals surface area contributed by atoms with Crippen LogP contribution in [-0.2, 0) is 22.5 Å². The van der Waals surface area contributed by atoms with Crippen molar-refractivity contribution in [2.45, 2.75) is 6.61 Å². The zero-order chi connectivity index (χ0) is 44.4. The van der Waals surface area contributed by atoms with Gasteiger partial charge in [-0.2, -0.15) is 0 Å². The number of phenols is 1. The summed E-state index contributed by atoms with van der Waals surface area (Å²) >= 11 is -0.106. The molecule has 8 aromatic carbocycles. The van der Waals surface area contributed by atoms with E-state index in [9.17, 15) is 9.90 Å². The number of fused-ring (bicyclic) bond motifs is 3. The first kappa shape index (κ1) is 47.0. The quantitative estimate of drug-likeness (QED) is 0.111. The molecule has 0 spiro atoms. The molecular weight excluding hydrogens is 960 g/mol. The van der Waals surface area contributed by atoms with Gasteiger partial charge < -0.3 is 24.4 Å². The van der Waals surface area contributed by atoms with Crippen molar-refractivity contribution in [1.82, 2.24) is 0 Å². The maximum Gasteiger partial charge on any atom is -0.0134 e. The van der Waals surface area contributed by atoms with E-state index in [0.717, 1.165) is 11.1 Å². The topological polar surface area (TPSA) is 85.2 Å². The van der Waals surface area contributed by atoms with Gasteiger partial charge >= 0.3 is 41.0 Å². The first-order valence-corrected chi connectivity index (χ1v) is 26.3. The normalized spacial score (nSPS) is 10.9. The fraction of sp³-hybridized carbons (Fsp3) is 0.0577. The zero-order valence-corrected chi connectivity index (χ0v) is 39.2. The standard InChI is InChI=1S/2C18H15P.C16H14O6.2ClH.Pd/c2*1-4-10-16(11-5-1)19(17-12-6-2-7-13-17)18-14-8-3-9-15-18;1-20-14-3-8-7-22-13-6-12(17)11(16(18)19)4-10(13)9(8)5-15(14)21-2;;;/h2*1-15H;3-6,17H,7H2,1-2H3,(H,18,19);2*1H;/q;;;;;+2/p-2. The summed E-state index contributed by atoms with van der Waals surface area (Å²) < 4.78 is 16.1. The van der Waals surface area contributed by atoms with Crippen LogP contribution in [0, 0.1) is 0 Å². The van der Waals surface area contributed by atoms with E-state index in [1.165, 1.54) is 51.1 Å². The van der Waals surface area contributed by atoms with Gasteiger partial charge in [0.25, 0.3) is 0 Å². The van der Waals surface area contributed by atoms with E-state index in [4.69, 9.17) is 38.4 Å². The van der Waals surface area contributed by atoms with Crippen molar-refractivity contribution in [2.24, 2.45) is 0 Å². The molecule has 0 fully saturated rings. The average molecular weight is 1000 g/mol. The Bertz CT molecular complexity index is 2330. The van der Waals surface area contributed by atoms with E-state index in [1.54, 1.807) is 19.2 Å². The van der Waals surface area contributed by atoms with Crippen LogP contribution < -0.4 is 46.0 Å².